The molecule has 2 aliphatic heterocycles. The number of aldehydes is 1. The third kappa shape index (κ3) is 5.58. The van der Waals surface area contributed by atoms with E-state index in [0.29, 0.717) is 5.56 Å². The second kappa shape index (κ2) is 13.1. The van der Waals surface area contributed by atoms with Gasteiger partial charge in [0.2, 0.25) is 0 Å². The van der Waals surface area contributed by atoms with Crippen LogP contribution in [0.1, 0.15) is 85.1 Å². The zero-order valence-electron chi connectivity index (χ0n) is 32.3. The van der Waals surface area contributed by atoms with Crippen molar-refractivity contribution < 1.29 is 14.3 Å². The summed E-state index contributed by atoms with van der Waals surface area (Å²) in [6, 6.07) is 30.9. The maximum absolute atomic E-state index is 11.8. The normalized spacial score (nSPS) is 21.7. The highest BCUT2D eigenvalue weighted by Crippen LogP contribution is 2.67. The van der Waals surface area contributed by atoms with Gasteiger partial charge in [-0.1, -0.05) is 94.4 Å². The number of hydrogen-bond acceptors (Lipinski definition) is 6. The smallest absolute Gasteiger partial charge is 0.178 e. The van der Waals surface area contributed by atoms with Gasteiger partial charge in [0.15, 0.2) is 5.60 Å². The van der Waals surface area contributed by atoms with Gasteiger partial charge in [-0.2, -0.15) is 0 Å². The van der Waals surface area contributed by atoms with Gasteiger partial charge in [-0.05, 0) is 101 Å². The van der Waals surface area contributed by atoms with Gasteiger partial charge in [0, 0.05) is 61.6 Å². The fourth-order valence-corrected chi connectivity index (χ4v) is 12.5. The second-order valence-corrected chi connectivity index (χ2v) is 19.0. The van der Waals surface area contributed by atoms with Crippen molar-refractivity contribution >= 4 is 52.3 Å². The first-order valence-electron chi connectivity index (χ1n) is 19.2. The van der Waals surface area contributed by atoms with Crippen LogP contribution >= 0.6 is 23.5 Å². The lowest BCUT2D eigenvalue weighted by Gasteiger charge is -2.52. The van der Waals surface area contributed by atoms with Gasteiger partial charge in [-0.15, -0.1) is 23.5 Å². The first kappa shape index (κ1) is 35.7. The van der Waals surface area contributed by atoms with Crippen molar-refractivity contribution in [3.63, 3.8) is 0 Å². The number of benzene rings is 5. The van der Waals surface area contributed by atoms with Gasteiger partial charge < -0.3 is 14.4 Å². The Morgan fingerprint density at radius 1 is 0.741 bits per heavy atom. The molecule has 9 rings (SSSR count). The monoisotopic (exact) mass is 751 g/mol. The third-order valence-corrected chi connectivity index (χ3v) is 14.1. The molecule has 0 N–H and O–H groups in total. The van der Waals surface area contributed by atoms with E-state index in [2.05, 4.69) is 130 Å². The number of carbonyl (C=O) groups excluding carboxylic acids is 1. The van der Waals surface area contributed by atoms with Crippen LogP contribution in [0.3, 0.4) is 0 Å². The van der Waals surface area contributed by atoms with Crippen molar-refractivity contribution in [2.75, 3.05) is 43.7 Å². The van der Waals surface area contributed by atoms with Crippen LogP contribution in [0.5, 0.6) is 5.75 Å². The molecule has 1 spiro atoms. The summed E-state index contributed by atoms with van der Waals surface area (Å²) in [5, 5.41) is 2.41. The van der Waals surface area contributed by atoms with Crippen LogP contribution < -0.4 is 9.64 Å². The highest BCUT2D eigenvalue weighted by Gasteiger charge is 2.55. The topological polar surface area (TPSA) is 38.8 Å². The van der Waals surface area contributed by atoms with Crippen LogP contribution in [0.4, 0.5) is 5.69 Å². The molecule has 0 radical (unpaired) electrons. The van der Waals surface area contributed by atoms with Gasteiger partial charge >= 0.3 is 0 Å². The number of ether oxygens (including phenoxy) is 2. The minimum Gasteiger partial charge on any atom is -0.472 e. The summed E-state index contributed by atoms with van der Waals surface area (Å²) in [5.74, 6) is 0.944. The molecule has 1 unspecified atom stereocenters. The number of thioether (sulfide) groups is 2. The predicted molar refractivity (Wildman–Crippen MR) is 227 cm³/mol. The highest BCUT2D eigenvalue weighted by molar-refractivity contribution is 8.01. The standard InChI is InChI=1S/C48H49NO3S2/c1-45(2)28-46(3,4)30-47(29-45)39-10-8-7-9-35(39)42-37-25-40(53-5)41(54-6)26-38(37)44-36(43(42)47)19-20-48(52-44,32-13-11-31(27-50)12-14-32)33-15-17-34(18-16-33)49-21-23-51-24-22-49/h7-20,25-27H,21-24,28-30H2,1-6H3. The molecule has 54 heavy (non-hydrogen) atoms. The molecule has 6 heteroatoms. The van der Waals surface area contributed by atoms with E-state index in [-0.39, 0.29) is 16.2 Å². The van der Waals surface area contributed by atoms with Crippen molar-refractivity contribution in [2.24, 2.45) is 10.8 Å². The minimum absolute atomic E-state index is 0.150. The summed E-state index contributed by atoms with van der Waals surface area (Å²) < 4.78 is 13.4. The predicted octanol–water partition coefficient (Wildman–Crippen LogP) is 11.8. The lowest BCUT2D eigenvalue weighted by molar-refractivity contribution is 0.0642. The van der Waals surface area contributed by atoms with E-state index in [1.165, 1.54) is 55.1 Å². The highest BCUT2D eigenvalue weighted by atomic mass is 32.2. The number of hydrogen-bond donors (Lipinski definition) is 0. The molecular weight excluding hydrogens is 703 g/mol. The quantitative estimate of drug-likeness (QED) is 0.127. The molecule has 0 amide bonds. The zero-order valence-corrected chi connectivity index (χ0v) is 33.9. The lowest BCUT2D eigenvalue weighted by Crippen LogP contribution is -2.44. The Kier molecular flexibility index (Phi) is 8.64. The molecule has 276 valence electrons. The maximum atomic E-state index is 11.8. The van der Waals surface area contributed by atoms with Crippen molar-refractivity contribution in [3.8, 4) is 16.9 Å². The van der Waals surface area contributed by atoms with Crippen molar-refractivity contribution in [2.45, 2.75) is 67.8 Å². The number of rotatable bonds is 6. The van der Waals surface area contributed by atoms with E-state index >= 15 is 0 Å². The van der Waals surface area contributed by atoms with Gasteiger partial charge in [0.1, 0.15) is 12.0 Å². The van der Waals surface area contributed by atoms with E-state index in [9.17, 15) is 4.79 Å². The van der Waals surface area contributed by atoms with Crippen LogP contribution in [0.25, 0.3) is 28.0 Å². The fourth-order valence-electron chi connectivity index (χ4n) is 11.0. The average Bonchev–Trinajstić information content (AvgIpc) is 3.44. The summed E-state index contributed by atoms with van der Waals surface area (Å²) in [6.45, 7) is 13.1. The minimum atomic E-state index is -0.916. The zero-order chi connectivity index (χ0) is 37.5. The number of fused-ring (bicyclic) bond motifs is 10. The summed E-state index contributed by atoms with van der Waals surface area (Å²) >= 11 is 3.62. The molecule has 2 aliphatic carbocycles. The molecule has 1 atom stereocenters. The van der Waals surface area contributed by atoms with Crippen LogP contribution in [0.2, 0.25) is 0 Å². The van der Waals surface area contributed by atoms with E-state index in [4.69, 9.17) is 9.47 Å². The number of nitrogens with zero attached hydrogens (tertiary/aromatic N) is 1. The van der Waals surface area contributed by atoms with Crippen molar-refractivity contribution in [3.05, 3.63) is 124 Å². The summed E-state index contributed by atoms with van der Waals surface area (Å²) in [4.78, 5) is 16.8. The first-order valence-corrected chi connectivity index (χ1v) is 21.7. The molecule has 2 heterocycles. The first-order chi connectivity index (χ1) is 26.0. The van der Waals surface area contributed by atoms with Crippen LogP contribution in [-0.4, -0.2) is 45.1 Å². The molecule has 2 fully saturated rings. The Morgan fingerprint density at radius 3 is 1.98 bits per heavy atom. The fraction of sp³-hybridized carbons (Fsp3) is 0.354. The molecule has 0 aromatic heterocycles. The van der Waals surface area contributed by atoms with Gasteiger partial charge in [-0.3, -0.25) is 4.79 Å². The number of morpholine rings is 1. The van der Waals surface area contributed by atoms with E-state index < -0.39 is 5.60 Å². The second-order valence-electron chi connectivity index (χ2n) is 17.3. The molecule has 1 saturated carbocycles. The molecule has 4 aliphatic rings. The summed E-state index contributed by atoms with van der Waals surface area (Å²) in [5.41, 5.74) is 9.95. The van der Waals surface area contributed by atoms with Crippen LogP contribution in [0, 0.1) is 10.8 Å². The summed E-state index contributed by atoms with van der Waals surface area (Å²) in [6.07, 6.45) is 13.3. The van der Waals surface area contributed by atoms with E-state index in [1.807, 2.05) is 23.9 Å². The Balaban J connectivity index is 1.34. The molecule has 5 aromatic carbocycles. The Labute approximate surface area is 328 Å². The SMILES string of the molecule is CSc1cc2c3c(c4c(c2cc1SC)-c1ccccc1C41CC(C)(C)CC(C)(C)C1)C=CC(c1ccc(C=O)cc1)(c1ccc(N2CCOCC2)cc1)O3. The molecular formula is C48H49NO3S2. The molecule has 1 saturated heterocycles. The molecule has 4 nitrogen and oxygen atoms in total. The van der Waals surface area contributed by atoms with Crippen LogP contribution in [-0.2, 0) is 15.8 Å². The number of carbonyl (C=O) groups is 1. The Morgan fingerprint density at radius 2 is 1.35 bits per heavy atom. The Bertz CT molecular complexity index is 2300. The average molecular weight is 752 g/mol. The van der Waals surface area contributed by atoms with Gasteiger partial charge in [0.05, 0.1) is 13.2 Å². The molecule has 0 bridgehead atoms. The molecule has 5 aromatic rings. The third-order valence-electron chi connectivity index (χ3n) is 12.4. The van der Waals surface area contributed by atoms with Crippen molar-refractivity contribution in [1.82, 2.24) is 0 Å². The maximum Gasteiger partial charge on any atom is 0.178 e. The lowest BCUT2D eigenvalue weighted by atomic mass is 9.52. The van der Waals surface area contributed by atoms with Crippen LogP contribution in [0.15, 0.2) is 101 Å². The summed E-state index contributed by atoms with van der Waals surface area (Å²) in [7, 11) is 0. The van der Waals surface area contributed by atoms with Gasteiger partial charge in [0.25, 0.3) is 0 Å². The van der Waals surface area contributed by atoms with Crippen molar-refractivity contribution in [1.29, 1.82) is 0 Å². The van der Waals surface area contributed by atoms with E-state index in [1.54, 1.807) is 11.8 Å². The van der Waals surface area contributed by atoms with Gasteiger partial charge in [-0.25, -0.2) is 0 Å². The Hall–Kier alpha value is -3.97. The number of anilines is 1. The van der Waals surface area contributed by atoms with E-state index in [0.717, 1.165) is 67.7 Å². The largest absolute Gasteiger partial charge is 0.472 e.